The Morgan fingerprint density at radius 2 is 2.12 bits per heavy atom. The molecule has 0 atom stereocenters. The molecule has 0 aliphatic carbocycles. The van der Waals surface area contributed by atoms with Crippen LogP contribution in [0.15, 0.2) is 36.5 Å². The molecular formula is C13H9FN2O. The van der Waals surface area contributed by atoms with E-state index in [1.54, 1.807) is 25.1 Å². The van der Waals surface area contributed by atoms with E-state index in [-0.39, 0.29) is 11.5 Å². The number of ether oxygens (including phenoxy) is 1. The Kier molecular flexibility index (Phi) is 3.01. The van der Waals surface area contributed by atoms with Crippen molar-refractivity contribution in [3.8, 4) is 17.6 Å². The van der Waals surface area contributed by atoms with E-state index in [1.165, 1.54) is 18.3 Å². The maximum absolute atomic E-state index is 13.1. The molecule has 0 amide bonds. The van der Waals surface area contributed by atoms with E-state index < -0.39 is 0 Å². The van der Waals surface area contributed by atoms with Crippen LogP contribution < -0.4 is 4.74 Å². The molecule has 84 valence electrons. The maximum Gasteiger partial charge on any atom is 0.183 e. The zero-order valence-corrected chi connectivity index (χ0v) is 9.14. The van der Waals surface area contributed by atoms with Crippen molar-refractivity contribution >= 4 is 0 Å². The number of benzene rings is 1. The molecular weight excluding hydrogens is 219 g/mol. The van der Waals surface area contributed by atoms with E-state index >= 15 is 0 Å². The molecule has 1 heterocycles. The summed E-state index contributed by atoms with van der Waals surface area (Å²) >= 11 is 0. The lowest BCUT2D eigenvalue weighted by Gasteiger charge is -2.09. The van der Waals surface area contributed by atoms with Gasteiger partial charge in [0.25, 0.3) is 0 Å². The van der Waals surface area contributed by atoms with Crippen LogP contribution >= 0.6 is 0 Å². The fourth-order valence-electron chi connectivity index (χ4n) is 1.36. The maximum atomic E-state index is 13.1. The highest BCUT2D eigenvalue weighted by atomic mass is 19.1. The third-order valence-corrected chi connectivity index (χ3v) is 2.25. The summed E-state index contributed by atoms with van der Waals surface area (Å²) in [6.07, 6.45) is 1.50. The quantitative estimate of drug-likeness (QED) is 0.792. The lowest BCUT2D eigenvalue weighted by Crippen LogP contribution is -1.93. The Morgan fingerprint density at radius 1 is 1.29 bits per heavy atom. The smallest absolute Gasteiger partial charge is 0.183 e. The van der Waals surface area contributed by atoms with Crippen LogP contribution in [0.1, 0.15) is 11.3 Å². The van der Waals surface area contributed by atoms with Crippen LogP contribution in [0.25, 0.3) is 0 Å². The van der Waals surface area contributed by atoms with Crippen molar-refractivity contribution in [1.29, 1.82) is 5.26 Å². The fraction of sp³-hybridized carbons (Fsp3) is 0.0769. The molecule has 1 aromatic heterocycles. The molecule has 0 radical (unpaired) electrons. The van der Waals surface area contributed by atoms with Gasteiger partial charge in [0.05, 0.1) is 0 Å². The van der Waals surface area contributed by atoms with Gasteiger partial charge >= 0.3 is 0 Å². The van der Waals surface area contributed by atoms with Crippen molar-refractivity contribution in [1.82, 2.24) is 4.98 Å². The molecule has 0 N–H and O–H groups in total. The molecule has 0 bridgehead atoms. The average Bonchev–Trinajstić information content (AvgIpc) is 2.34. The van der Waals surface area contributed by atoms with Crippen LogP contribution in [-0.4, -0.2) is 4.98 Å². The molecule has 0 spiro atoms. The largest absolute Gasteiger partial charge is 0.454 e. The fourth-order valence-corrected chi connectivity index (χ4v) is 1.36. The Bertz CT molecular complexity index is 590. The van der Waals surface area contributed by atoms with Gasteiger partial charge in [0.2, 0.25) is 0 Å². The first-order valence-electron chi connectivity index (χ1n) is 5.00. The third-order valence-electron chi connectivity index (χ3n) is 2.25. The SMILES string of the molecule is Cc1ccc(F)cc1Oc1cccnc1C#N. The molecule has 3 nitrogen and oxygen atoms in total. The van der Waals surface area contributed by atoms with Crippen molar-refractivity contribution in [3.05, 3.63) is 53.6 Å². The van der Waals surface area contributed by atoms with Crippen molar-refractivity contribution in [2.45, 2.75) is 6.92 Å². The lowest BCUT2D eigenvalue weighted by molar-refractivity contribution is 0.469. The molecule has 1 aromatic carbocycles. The van der Waals surface area contributed by atoms with Gasteiger partial charge in [-0.05, 0) is 30.7 Å². The summed E-state index contributed by atoms with van der Waals surface area (Å²) in [5, 5.41) is 8.85. The Labute approximate surface area is 98.1 Å². The molecule has 0 unspecified atom stereocenters. The summed E-state index contributed by atoms with van der Waals surface area (Å²) in [7, 11) is 0. The highest BCUT2D eigenvalue weighted by Crippen LogP contribution is 2.27. The number of aromatic nitrogens is 1. The van der Waals surface area contributed by atoms with Crippen LogP contribution in [0.2, 0.25) is 0 Å². The van der Waals surface area contributed by atoms with E-state index in [0.29, 0.717) is 11.5 Å². The minimum Gasteiger partial charge on any atom is -0.454 e. The molecule has 2 aromatic rings. The minimum atomic E-state index is -0.381. The standard InChI is InChI=1S/C13H9FN2O/c1-9-4-5-10(14)7-13(9)17-12-3-2-6-16-11(12)8-15/h2-7H,1H3. The monoisotopic (exact) mass is 228 g/mol. The number of hydrogen-bond donors (Lipinski definition) is 0. The second-order valence-corrected chi connectivity index (χ2v) is 3.47. The van der Waals surface area contributed by atoms with Gasteiger partial charge in [-0.3, -0.25) is 0 Å². The van der Waals surface area contributed by atoms with E-state index in [0.717, 1.165) is 5.56 Å². The molecule has 0 fully saturated rings. The second-order valence-electron chi connectivity index (χ2n) is 3.47. The van der Waals surface area contributed by atoms with Crippen molar-refractivity contribution in [2.75, 3.05) is 0 Å². The van der Waals surface area contributed by atoms with Crippen LogP contribution in [0.4, 0.5) is 4.39 Å². The number of nitrogens with zero attached hydrogens (tertiary/aromatic N) is 2. The van der Waals surface area contributed by atoms with Crippen LogP contribution in [0.5, 0.6) is 11.5 Å². The molecule has 0 saturated heterocycles. The van der Waals surface area contributed by atoms with E-state index in [2.05, 4.69) is 4.98 Å². The van der Waals surface area contributed by atoms with Gasteiger partial charge in [-0.1, -0.05) is 6.07 Å². The number of hydrogen-bond acceptors (Lipinski definition) is 3. The van der Waals surface area contributed by atoms with Crippen LogP contribution in [0, 0.1) is 24.1 Å². The van der Waals surface area contributed by atoms with Crippen molar-refractivity contribution in [3.63, 3.8) is 0 Å². The van der Waals surface area contributed by atoms with Gasteiger partial charge in [-0.15, -0.1) is 0 Å². The molecule has 0 aliphatic heterocycles. The predicted octanol–water partition coefficient (Wildman–Crippen LogP) is 3.19. The summed E-state index contributed by atoms with van der Waals surface area (Å²) in [6, 6.07) is 9.46. The van der Waals surface area contributed by atoms with Gasteiger partial charge in [0, 0.05) is 12.3 Å². The summed E-state index contributed by atoms with van der Waals surface area (Å²) in [4.78, 5) is 3.87. The van der Waals surface area contributed by atoms with Gasteiger partial charge in [0.1, 0.15) is 17.6 Å². The van der Waals surface area contributed by atoms with Gasteiger partial charge in [-0.25, -0.2) is 9.37 Å². The van der Waals surface area contributed by atoms with Crippen LogP contribution in [0.3, 0.4) is 0 Å². The molecule has 2 rings (SSSR count). The lowest BCUT2D eigenvalue weighted by atomic mass is 10.2. The summed E-state index contributed by atoms with van der Waals surface area (Å²) in [5.41, 5.74) is 0.968. The second kappa shape index (κ2) is 4.62. The first-order valence-corrected chi connectivity index (χ1v) is 5.00. The van der Waals surface area contributed by atoms with E-state index in [1.807, 2.05) is 6.07 Å². The number of nitriles is 1. The van der Waals surface area contributed by atoms with Gasteiger partial charge in [0.15, 0.2) is 11.4 Å². The minimum absolute atomic E-state index is 0.177. The predicted molar refractivity (Wildman–Crippen MR) is 60.2 cm³/mol. The molecule has 4 heteroatoms. The topological polar surface area (TPSA) is 45.9 Å². The first kappa shape index (κ1) is 11.1. The number of halogens is 1. The van der Waals surface area contributed by atoms with Crippen molar-refractivity contribution in [2.24, 2.45) is 0 Å². The van der Waals surface area contributed by atoms with Crippen LogP contribution in [-0.2, 0) is 0 Å². The third kappa shape index (κ3) is 2.40. The Balaban J connectivity index is 2.38. The summed E-state index contributed by atoms with van der Waals surface area (Å²) < 4.78 is 18.6. The number of rotatable bonds is 2. The average molecular weight is 228 g/mol. The Morgan fingerprint density at radius 3 is 2.88 bits per heavy atom. The van der Waals surface area contributed by atoms with Crippen molar-refractivity contribution < 1.29 is 9.13 Å². The first-order chi connectivity index (χ1) is 8.20. The van der Waals surface area contributed by atoms with E-state index in [9.17, 15) is 4.39 Å². The molecule has 0 saturated carbocycles. The van der Waals surface area contributed by atoms with Gasteiger partial charge < -0.3 is 4.74 Å². The zero-order valence-electron chi connectivity index (χ0n) is 9.14. The highest BCUT2D eigenvalue weighted by Gasteiger charge is 2.07. The molecule has 0 aliphatic rings. The molecule has 17 heavy (non-hydrogen) atoms. The number of aryl methyl sites for hydroxylation is 1. The number of pyridine rings is 1. The summed E-state index contributed by atoms with van der Waals surface area (Å²) in [5.74, 6) is 0.325. The Hall–Kier alpha value is -2.41. The van der Waals surface area contributed by atoms with E-state index in [4.69, 9.17) is 10.00 Å². The zero-order chi connectivity index (χ0) is 12.3. The normalized spacial score (nSPS) is 9.71. The highest BCUT2D eigenvalue weighted by molar-refractivity contribution is 5.42. The summed E-state index contributed by atoms with van der Waals surface area (Å²) in [6.45, 7) is 1.80. The van der Waals surface area contributed by atoms with Gasteiger partial charge in [-0.2, -0.15) is 5.26 Å².